The lowest BCUT2D eigenvalue weighted by molar-refractivity contribution is 0.0951. The Hall–Kier alpha value is -3.61. The lowest BCUT2D eigenvalue weighted by Gasteiger charge is -2.08. The van der Waals surface area contributed by atoms with Crippen LogP contribution < -0.4 is 15.5 Å². The zero-order valence-corrected chi connectivity index (χ0v) is 17.8. The highest BCUT2D eigenvalue weighted by molar-refractivity contribution is 5.97. The van der Waals surface area contributed by atoms with Gasteiger partial charge in [0.05, 0.1) is 29.0 Å². The van der Waals surface area contributed by atoms with Crippen LogP contribution in [0, 0.1) is 0 Å². The lowest BCUT2D eigenvalue weighted by atomic mass is 10.1. The maximum Gasteiger partial charge on any atom is 0.256 e. The number of hydrogen-bond acceptors (Lipinski definition) is 4. The molecule has 7 nitrogen and oxygen atoms in total. The number of aromatic nitrogens is 3. The van der Waals surface area contributed by atoms with Gasteiger partial charge in [0, 0.05) is 26.2 Å². The monoisotopic (exact) mass is 418 g/mol. The first-order valence-electron chi connectivity index (χ1n) is 10.5. The van der Waals surface area contributed by atoms with E-state index in [0.29, 0.717) is 23.2 Å². The Morgan fingerprint density at radius 1 is 1.13 bits per heavy atom. The zero-order chi connectivity index (χ0) is 21.8. The van der Waals surface area contributed by atoms with Gasteiger partial charge in [-0.15, -0.1) is 0 Å². The normalized spacial score (nSPS) is 11.2. The van der Waals surface area contributed by atoms with E-state index in [2.05, 4.69) is 20.9 Å². The van der Waals surface area contributed by atoms with Gasteiger partial charge >= 0.3 is 0 Å². The third kappa shape index (κ3) is 4.17. The molecule has 2 aromatic heterocycles. The van der Waals surface area contributed by atoms with Crippen LogP contribution in [-0.2, 0) is 13.5 Å². The maximum atomic E-state index is 12.7. The van der Waals surface area contributed by atoms with Crippen LogP contribution in [0.25, 0.3) is 21.9 Å². The molecule has 0 unspecified atom stereocenters. The van der Waals surface area contributed by atoms with Crippen molar-refractivity contribution in [1.29, 1.82) is 0 Å². The van der Waals surface area contributed by atoms with Gasteiger partial charge in [-0.1, -0.05) is 24.6 Å². The Bertz CT molecular complexity index is 1290. The number of carbonyl (C=O) groups is 1. The predicted octanol–water partition coefficient (Wildman–Crippen LogP) is 3.57. The molecule has 0 aliphatic rings. The summed E-state index contributed by atoms with van der Waals surface area (Å²) in [6, 6.07) is 13.3. The third-order valence-corrected chi connectivity index (χ3v) is 5.58. The maximum absolute atomic E-state index is 12.7. The molecule has 4 aromatic rings. The van der Waals surface area contributed by atoms with Crippen molar-refractivity contribution in [3.8, 4) is 5.75 Å². The number of nitrogens with one attached hydrogen (secondary N) is 2. The summed E-state index contributed by atoms with van der Waals surface area (Å²) in [4.78, 5) is 32.9. The molecule has 7 heteroatoms. The molecule has 1 amide bonds. The molecule has 2 heterocycles. The van der Waals surface area contributed by atoms with Crippen LogP contribution in [0.15, 0.2) is 53.5 Å². The summed E-state index contributed by atoms with van der Waals surface area (Å²) in [5.74, 6) is 1.28. The first-order chi connectivity index (χ1) is 15.1. The molecule has 2 aromatic carbocycles. The number of H-pyrrole nitrogens is 1. The van der Waals surface area contributed by atoms with Gasteiger partial charge in [-0.25, -0.2) is 4.98 Å². The number of nitrogens with zero attached hydrogens (tertiary/aromatic N) is 2. The van der Waals surface area contributed by atoms with Gasteiger partial charge in [0.1, 0.15) is 17.1 Å². The fourth-order valence-corrected chi connectivity index (χ4v) is 3.86. The second-order valence-corrected chi connectivity index (χ2v) is 7.56. The summed E-state index contributed by atoms with van der Waals surface area (Å²) in [6.45, 7) is 0.525. The number of para-hydroxylation sites is 3. The number of rotatable bonds is 8. The molecule has 2 N–H and O–H groups in total. The van der Waals surface area contributed by atoms with Gasteiger partial charge < -0.3 is 19.6 Å². The SMILES string of the molecule is COc1cccc2c(=O)c(C(=O)NCCCCCc3nc4ccccc4n3C)c[nH]c12. The van der Waals surface area contributed by atoms with Crippen molar-refractivity contribution in [3.05, 3.63) is 70.3 Å². The minimum atomic E-state index is -0.360. The van der Waals surface area contributed by atoms with E-state index in [0.717, 1.165) is 42.5 Å². The van der Waals surface area contributed by atoms with E-state index < -0.39 is 0 Å². The van der Waals surface area contributed by atoms with Crippen LogP contribution in [0.2, 0.25) is 0 Å². The van der Waals surface area contributed by atoms with E-state index in [4.69, 9.17) is 9.72 Å². The third-order valence-electron chi connectivity index (χ3n) is 5.58. The van der Waals surface area contributed by atoms with E-state index in [-0.39, 0.29) is 16.9 Å². The summed E-state index contributed by atoms with van der Waals surface area (Å²) in [5.41, 5.74) is 2.56. The topological polar surface area (TPSA) is 89.0 Å². The summed E-state index contributed by atoms with van der Waals surface area (Å²) >= 11 is 0. The minimum Gasteiger partial charge on any atom is -0.495 e. The van der Waals surface area contributed by atoms with Crippen molar-refractivity contribution in [3.63, 3.8) is 0 Å². The van der Waals surface area contributed by atoms with Crippen molar-refractivity contribution in [1.82, 2.24) is 19.9 Å². The zero-order valence-electron chi connectivity index (χ0n) is 17.8. The van der Waals surface area contributed by atoms with Crippen LogP contribution in [0.4, 0.5) is 0 Å². The fraction of sp³-hybridized carbons (Fsp3) is 0.292. The van der Waals surface area contributed by atoms with Crippen molar-refractivity contribution >= 4 is 27.8 Å². The molecule has 0 saturated carbocycles. The molecule has 0 spiro atoms. The fourth-order valence-electron chi connectivity index (χ4n) is 3.86. The molecule has 160 valence electrons. The van der Waals surface area contributed by atoms with Gasteiger partial charge in [-0.05, 0) is 37.1 Å². The summed E-state index contributed by atoms with van der Waals surface area (Å²) < 4.78 is 7.40. The lowest BCUT2D eigenvalue weighted by Crippen LogP contribution is -2.29. The largest absolute Gasteiger partial charge is 0.495 e. The molecule has 0 bridgehead atoms. The minimum absolute atomic E-state index is 0.112. The molecule has 0 aliphatic heterocycles. The average Bonchev–Trinajstić information content (AvgIpc) is 3.11. The van der Waals surface area contributed by atoms with Gasteiger partial charge in [0.15, 0.2) is 0 Å². The number of methoxy groups -OCH3 is 1. The van der Waals surface area contributed by atoms with Crippen molar-refractivity contribution < 1.29 is 9.53 Å². The van der Waals surface area contributed by atoms with Gasteiger partial charge in [-0.2, -0.15) is 0 Å². The molecule has 0 radical (unpaired) electrons. The summed E-state index contributed by atoms with van der Waals surface area (Å²) in [6.07, 6.45) is 5.15. The second-order valence-electron chi connectivity index (χ2n) is 7.56. The van der Waals surface area contributed by atoms with Crippen LogP contribution in [-0.4, -0.2) is 34.1 Å². The predicted molar refractivity (Wildman–Crippen MR) is 122 cm³/mol. The number of benzene rings is 2. The van der Waals surface area contributed by atoms with Gasteiger partial charge in [-0.3, -0.25) is 9.59 Å². The van der Waals surface area contributed by atoms with Crippen LogP contribution in [0.5, 0.6) is 5.75 Å². The Morgan fingerprint density at radius 2 is 1.97 bits per heavy atom. The number of imidazole rings is 1. The van der Waals surface area contributed by atoms with Crippen molar-refractivity contribution in [2.24, 2.45) is 7.05 Å². The molecule has 0 aliphatic carbocycles. The van der Waals surface area contributed by atoms with Crippen LogP contribution in [0.3, 0.4) is 0 Å². The number of ether oxygens (including phenoxy) is 1. The Balaban J connectivity index is 1.29. The highest BCUT2D eigenvalue weighted by Crippen LogP contribution is 2.21. The number of unbranched alkanes of at least 4 members (excludes halogenated alkanes) is 2. The molecule has 0 saturated heterocycles. The molecule has 4 rings (SSSR count). The van der Waals surface area contributed by atoms with E-state index >= 15 is 0 Å². The van der Waals surface area contributed by atoms with Gasteiger partial charge in [0.2, 0.25) is 5.43 Å². The number of carbonyl (C=O) groups excluding carboxylic acids is 1. The molecule has 31 heavy (non-hydrogen) atoms. The number of aromatic amines is 1. The summed E-state index contributed by atoms with van der Waals surface area (Å²) in [7, 11) is 3.59. The molecule has 0 fully saturated rings. The average molecular weight is 418 g/mol. The second kappa shape index (κ2) is 9.04. The number of pyridine rings is 1. The first-order valence-corrected chi connectivity index (χ1v) is 10.5. The quantitative estimate of drug-likeness (QED) is 0.428. The van der Waals surface area contributed by atoms with Crippen molar-refractivity contribution in [2.75, 3.05) is 13.7 Å². The van der Waals surface area contributed by atoms with Crippen molar-refractivity contribution in [2.45, 2.75) is 25.7 Å². The Kier molecular flexibility index (Phi) is 6.02. The van der Waals surface area contributed by atoms with E-state index in [1.54, 1.807) is 25.3 Å². The number of amides is 1. The first kappa shape index (κ1) is 20.7. The van der Waals surface area contributed by atoms with E-state index in [9.17, 15) is 9.59 Å². The molecular formula is C24H26N4O3. The van der Waals surface area contributed by atoms with Crippen LogP contribution >= 0.6 is 0 Å². The highest BCUT2D eigenvalue weighted by Gasteiger charge is 2.14. The number of fused-ring (bicyclic) bond motifs is 2. The smallest absolute Gasteiger partial charge is 0.256 e. The number of aryl methyl sites for hydroxylation is 2. The van der Waals surface area contributed by atoms with Gasteiger partial charge in [0.25, 0.3) is 5.91 Å². The molecular weight excluding hydrogens is 392 g/mol. The van der Waals surface area contributed by atoms with E-state index in [1.807, 2.05) is 25.2 Å². The summed E-state index contributed by atoms with van der Waals surface area (Å²) in [5, 5.41) is 3.29. The Labute approximate surface area is 180 Å². The Morgan fingerprint density at radius 3 is 2.77 bits per heavy atom. The number of hydrogen-bond donors (Lipinski definition) is 2. The standard InChI is InChI=1S/C24H26N4O3/c1-28-19-11-6-5-10-18(19)27-21(28)13-4-3-7-14-25-24(30)17-15-26-22-16(23(17)29)9-8-12-20(22)31-2/h5-6,8-12,15H,3-4,7,13-14H2,1-2H3,(H,25,30)(H,26,29). The van der Waals surface area contributed by atoms with Crippen LogP contribution in [0.1, 0.15) is 35.4 Å². The molecule has 0 atom stereocenters. The van der Waals surface area contributed by atoms with E-state index in [1.165, 1.54) is 6.20 Å². The highest BCUT2D eigenvalue weighted by atomic mass is 16.5.